The van der Waals surface area contributed by atoms with Gasteiger partial charge in [-0.2, -0.15) is 4.31 Å². The van der Waals surface area contributed by atoms with E-state index in [4.69, 9.17) is 0 Å². The summed E-state index contributed by atoms with van der Waals surface area (Å²) in [5.41, 5.74) is 0.290. The van der Waals surface area contributed by atoms with Crippen molar-refractivity contribution in [3.63, 3.8) is 0 Å². The van der Waals surface area contributed by atoms with Crippen LogP contribution in [0.4, 0.5) is 5.69 Å². The largest absolute Gasteiger partial charge is 0.280 e. The first kappa shape index (κ1) is 19.9. The normalized spacial score (nSPS) is 12.3. The zero-order valence-corrected chi connectivity index (χ0v) is 17.0. The number of halogens is 1. The number of benzene rings is 2. The Bertz CT molecular complexity index is 938. The lowest BCUT2D eigenvalue weighted by Gasteiger charge is -2.18. The summed E-state index contributed by atoms with van der Waals surface area (Å²) in [6, 6.07) is 12.0. The van der Waals surface area contributed by atoms with E-state index in [9.17, 15) is 16.8 Å². The van der Waals surface area contributed by atoms with Crippen molar-refractivity contribution < 1.29 is 16.8 Å². The molecule has 2 aromatic rings. The van der Waals surface area contributed by atoms with Gasteiger partial charge in [0.25, 0.3) is 10.0 Å². The molecular weight excluding hydrogens is 428 g/mol. The lowest BCUT2D eigenvalue weighted by molar-refractivity contribution is 0.445. The van der Waals surface area contributed by atoms with Gasteiger partial charge in [-0.1, -0.05) is 35.8 Å². The van der Waals surface area contributed by atoms with Crippen LogP contribution in [0.3, 0.4) is 0 Å². The second-order valence-electron chi connectivity index (χ2n) is 5.18. The summed E-state index contributed by atoms with van der Waals surface area (Å²) in [5.74, 6) is 0. The lowest BCUT2D eigenvalue weighted by atomic mass is 10.3. The highest BCUT2D eigenvalue weighted by atomic mass is 79.9. The fraction of sp³-hybridized carbons (Fsp3) is 0.250. The van der Waals surface area contributed by atoms with Crippen LogP contribution >= 0.6 is 15.9 Å². The van der Waals surface area contributed by atoms with Crippen LogP contribution in [0.25, 0.3) is 0 Å². The Labute approximate surface area is 157 Å². The number of anilines is 1. The molecule has 0 radical (unpaired) electrons. The highest BCUT2D eigenvalue weighted by Crippen LogP contribution is 2.22. The van der Waals surface area contributed by atoms with Crippen molar-refractivity contribution in [3.8, 4) is 0 Å². The molecule has 0 aliphatic rings. The van der Waals surface area contributed by atoms with E-state index in [0.29, 0.717) is 23.2 Å². The van der Waals surface area contributed by atoms with Crippen molar-refractivity contribution >= 4 is 41.7 Å². The highest BCUT2D eigenvalue weighted by molar-refractivity contribution is 9.10. The molecule has 0 saturated heterocycles. The van der Waals surface area contributed by atoms with Gasteiger partial charge in [0.2, 0.25) is 10.0 Å². The van der Waals surface area contributed by atoms with Crippen molar-refractivity contribution in [2.75, 3.05) is 17.8 Å². The molecule has 6 nitrogen and oxygen atoms in total. The Balaban J connectivity index is 2.26. The SMILES string of the molecule is CCN(CC)S(=O)(=O)c1ccc(NS(=O)(=O)c2cccc(Br)c2)cc1. The van der Waals surface area contributed by atoms with E-state index >= 15 is 0 Å². The van der Waals surface area contributed by atoms with Crippen molar-refractivity contribution in [3.05, 3.63) is 53.0 Å². The maximum Gasteiger partial charge on any atom is 0.261 e. The highest BCUT2D eigenvalue weighted by Gasteiger charge is 2.21. The number of hydrogen-bond donors (Lipinski definition) is 1. The molecule has 0 aromatic heterocycles. The molecule has 0 aliphatic carbocycles. The molecule has 0 spiro atoms. The quantitative estimate of drug-likeness (QED) is 0.706. The molecule has 0 bridgehead atoms. The van der Waals surface area contributed by atoms with E-state index in [0.717, 1.165) is 0 Å². The maximum atomic E-state index is 12.4. The number of rotatable bonds is 7. The molecule has 0 fully saturated rings. The molecule has 0 unspecified atom stereocenters. The molecule has 2 rings (SSSR count). The predicted octanol–water partition coefficient (Wildman–Crippen LogP) is 3.28. The Morgan fingerprint density at radius 1 is 0.920 bits per heavy atom. The minimum atomic E-state index is -3.75. The molecule has 1 N–H and O–H groups in total. The van der Waals surface area contributed by atoms with E-state index in [2.05, 4.69) is 20.7 Å². The minimum Gasteiger partial charge on any atom is -0.280 e. The fourth-order valence-electron chi connectivity index (χ4n) is 2.26. The molecule has 0 aliphatic heterocycles. The molecule has 136 valence electrons. The smallest absolute Gasteiger partial charge is 0.261 e. The van der Waals surface area contributed by atoms with Gasteiger partial charge in [-0.25, -0.2) is 16.8 Å². The number of nitrogens with one attached hydrogen (secondary N) is 1. The molecule has 0 saturated carbocycles. The minimum absolute atomic E-state index is 0.113. The Morgan fingerprint density at radius 2 is 1.52 bits per heavy atom. The second kappa shape index (κ2) is 7.86. The Morgan fingerprint density at radius 3 is 2.04 bits per heavy atom. The van der Waals surface area contributed by atoms with Crippen molar-refractivity contribution in [2.24, 2.45) is 0 Å². The van der Waals surface area contributed by atoms with E-state index in [1.165, 1.54) is 40.7 Å². The first-order chi connectivity index (χ1) is 11.7. The number of hydrogen-bond acceptors (Lipinski definition) is 4. The predicted molar refractivity (Wildman–Crippen MR) is 101 cm³/mol. The monoisotopic (exact) mass is 446 g/mol. The number of nitrogens with zero attached hydrogens (tertiary/aromatic N) is 1. The van der Waals surface area contributed by atoms with Crippen LogP contribution in [0.15, 0.2) is 62.8 Å². The first-order valence-corrected chi connectivity index (χ1v) is 11.3. The van der Waals surface area contributed by atoms with E-state index in [1.807, 2.05) is 0 Å². The maximum absolute atomic E-state index is 12.4. The molecule has 2 aromatic carbocycles. The number of sulfonamides is 2. The van der Waals surface area contributed by atoms with Gasteiger partial charge in [-0.05, 0) is 42.5 Å². The van der Waals surface area contributed by atoms with Gasteiger partial charge in [0.05, 0.1) is 9.79 Å². The van der Waals surface area contributed by atoms with Gasteiger partial charge < -0.3 is 0 Å². The average molecular weight is 447 g/mol. The zero-order valence-electron chi connectivity index (χ0n) is 13.8. The third-order valence-electron chi connectivity index (χ3n) is 3.56. The molecule has 0 heterocycles. The van der Waals surface area contributed by atoms with Gasteiger partial charge >= 0.3 is 0 Å². The molecular formula is C16H19BrN2O4S2. The van der Waals surface area contributed by atoms with Crippen LogP contribution in [0.2, 0.25) is 0 Å². The Hall–Kier alpha value is -1.42. The Kier molecular flexibility index (Phi) is 6.26. The van der Waals surface area contributed by atoms with Crippen LogP contribution in [-0.4, -0.2) is 34.2 Å². The van der Waals surface area contributed by atoms with Crippen LogP contribution in [0.1, 0.15) is 13.8 Å². The van der Waals surface area contributed by atoms with E-state index in [-0.39, 0.29) is 9.79 Å². The van der Waals surface area contributed by atoms with E-state index in [1.54, 1.807) is 26.0 Å². The average Bonchev–Trinajstić information content (AvgIpc) is 2.56. The molecule has 0 atom stereocenters. The summed E-state index contributed by atoms with van der Waals surface area (Å²) in [4.78, 5) is 0.239. The molecule has 0 amide bonds. The van der Waals surface area contributed by atoms with Gasteiger partial charge in [-0.3, -0.25) is 4.72 Å². The van der Waals surface area contributed by atoms with Gasteiger partial charge in [-0.15, -0.1) is 0 Å². The second-order valence-corrected chi connectivity index (χ2v) is 9.71. The standard InChI is InChI=1S/C16H19BrN2O4S2/c1-3-19(4-2)25(22,23)15-10-8-14(9-11-15)18-24(20,21)16-7-5-6-13(17)12-16/h5-12,18H,3-4H2,1-2H3. The molecule has 25 heavy (non-hydrogen) atoms. The third kappa shape index (κ3) is 4.60. The van der Waals surface area contributed by atoms with Gasteiger partial charge in [0, 0.05) is 23.2 Å². The third-order valence-corrected chi connectivity index (χ3v) is 7.49. The summed E-state index contributed by atoms with van der Waals surface area (Å²) in [6.45, 7) is 4.27. The zero-order chi connectivity index (χ0) is 18.7. The van der Waals surface area contributed by atoms with E-state index < -0.39 is 20.0 Å². The first-order valence-electron chi connectivity index (χ1n) is 7.59. The van der Waals surface area contributed by atoms with Crippen molar-refractivity contribution in [1.82, 2.24) is 4.31 Å². The van der Waals surface area contributed by atoms with Gasteiger partial charge in [0.15, 0.2) is 0 Å². The topological polar surface area (TPSA) is 83.6 Å². The summed E-state index contributed by atoms with van der Waals surface area (Å²) >= 11 is 3.23. The van der Waals surface area contributed by atoms with Crippen molar-refractivity contribution in [1.29, 1.82) is 0 Å². The summed E-state index contributed by atoms with van der Waals surface area (Å²) in [7, 11) is -7.32. The van der Waals surface area contributed by atoms with Crippen LogP contribution in [0.5, 0.6) is 0 Å². The summed E-state index contributed by atoms with van der Waals surface area (Å²) in [5, 5.41) is 0. The summed E-state index contributed by atoms with van der Waals surface area (Å²) in [6.07, 6.45) is 0. The lowest BCUT2D eigenvalue weighted by Crippen LogP contribution is -2.30. The van der Waals surface area contributed by atoms with Crippen LogP contribution in [-0.2, 0) is 20.0 Å². The van der Waals surface area contributed by atoms with Crippen LogP contribution in [0, 0.1) is 0 Å². The fourth-order valence-corrected chi connectivity index (χ4v) is 5.37. The van der Waals surface area contributed by atoms with Gasteiger partial charge in [0.1, 0.15) is 0 Å². The summed E-state index contributed by atoms with van der Waals surface area (Å²) < 4.78 is 54.1. The van der Waals surface area contributed by atoms with Crippen molar-refractivity contribution in [2.45, 2.75) is 23.6 Å². The van der Waals surface area contributed by atoms with Crippen LogP contribution < -0.4 is 4.72 Å². The molecule has 9 heteroatoms.